The van der Waals surface area contributed by atoms with Crippen LogP contribution < -0.4 is 19.5 Å². The largest absolute Gasteiger partial charge is 0.493 e. The van der Waals surface area contributed by atoms with E-state index in [-0.39, 0.29) is 5.91 Å². The number of methoxy groups -OCH3 is 2. The van der Waals surface area contributed by atoms with Gasteiger partial charge in [0.2, 0.25) is 0 Å². The third-order valence-electron chi connectivity index (χ3n) is 3.56. The molecule has 0 aliphatic carbocycles. The van der Waals surface area contributed by atoms with Crippen LogP contribution in [0.15, 0.2) is 34.8 Å². The van der Waals surface area contributed by atoms with E-state index in [0.29, 0.717) is 32.4 Å². The summed E-state index contributed by atoms with van der Waals surface area (Å²) in [5.41, 5.74) is 1.49. The molecule has 7 heteroatoms. The molecular weight excluding hydrogens is 410 g/mol. The molecule has 5 nitrogen and oxygen atoms in total. The molecule has 1 N–H and O–H groups in total. The van der Waals surface area contributed by atoms with Gasteiger partial charge in [-0.3, -0.25) is 4.79 Å². The summed E-state index contributed by atoms with van der Waals surface area (Å²) in [5.74, 6) is 1.40. The smallest absolute Gasteiger partial charge is 0.265 e. The van der Waals surface area contributed by atoms with Gasteiger partial charge in [0.1, 0.15) is 5.75 Å². The number of hydrogen-bond donors (Lipinski definition) is 1. The minimum absolute atomic E-state index is 0.280. The number of benzene rings is 2. The fourth-order valence-electron chi connectivity index (χ4n) is 2.16. The van der Waals surface area contributed by atoms with Crippen LogP contribution in [0.3, 0.4) is 0 Å². The second-order valence-electron chi connectivity index (χ2n) is 5.35. The Morgan fingerprint density at radius 3 is 2.36 bits per heavy atom. The number of rotatable bonds is 6. The predicted octanol–water partition coefficient (Wildman–Crippen LogP) is 4.83. The maximum atomic E-state index is 12.5. The molecule has 0 aromatic heterocycles. The number of aryl methyl sites for hydroxylation is 1. The Bertz CT molecular complexity index is 782. The summed E-state index contributed by atoms with van der Waals surface area (Å²) in [7, 11) is 3.11. The Labute approximate surface area is 160 Å². The van der Waals surface area contributed by atoms with Gasteiger partial charge < -0.3 is 19.5 Å². The van der Waals surface area contributed by atoms with Crippen LogP contribution in [0.1, 0.15) is 12.5 Å². The van der Waals surface area contributed by atoms with Crippen LogP contribution >= 0.6 is 27.5 Å². The number of amides is 1. The van der Waals surface area contributed by atoms with E-state index in [1.807, 2.05) is 6.92 Å². The lowest BCUT2D eigenvalue weighted by Crippen LogP contribution is -2.30. The highest BCUT2D eigenvalue weighted by Gasteiger charge is 2.18. The first-order valence-electron chi connectivity index (χ1n) is 7.51. The lowest BCUT2D eigenvalue weighted by molar-refractivity contribution is -0.122. The summed E-state index contributed by atoms with van der Waals surface area (Å²) < 4.78 is 16.9. The third kappa shape index (κ3) is 4.80. The molecule has 134 valence electrons. The van der Waals surface area contributed by atoms with Crippen LogP contribution in [0.2, 0.25) is 5.02 Å². The molecule has 1 amide bonds. The summed E-state index contributed by atoms with van der Waals surface area (Å²) >= 11 is 9.27. The first-order chi connectivity index (χ1) is 11.8. The fourth-order valence-corrected chi connectivity index (χ4v) is 2.94. The molecule has 1 unspecified atom stereocenters. The SMILES string of the molecule is COc1cc(C)c(NC(=O)C(C)Oc2ccc(Cl)cc2Br)cc1OC. The highest BCUT2D eigenvalue weighted by atomic mass is 79.9. The van der Waals surface area contributed by atoms with Gasteiger partial charge in [-0.15, -0.1) is 0 Å². The van der Waals surface area contributed by atoms with Gasteiger partial charge in [-0.1, -0.05) is 11.6 Å². The molecule has 0 bridgehead atoms. The Balaban J connectivity index is 2.13. The van der Waals surface area contributed by atoms with E-state index < -0.39 is 6.10 Å². The van der Waals surface area contributed by atoms with Gasteiger partial charge in [0.05, 0.1) is 18.7 Å². The second-order valence-corrected chi connectivity index (χ2v) is 6.64. The van der Waals surface area contributed by atoms with Gasteiger partial charge in [-0.2, -0.15) is 0 Å². The lowest BCUT2D eigenvalue weighted by atomic mass is 10.1. The predicted molar refractivity (Wildman–Crippen MR) is 102 cm³/mol. The molecule has 2 rings (SSSR count). The van der Waals surface area contributed by atoms with Crippen molar-refractivity contribution in [2.24, 2.45) is 0 Å². The number of ether oxygens (including phenoxy) is 3. The van der Waals surface area contributed by atoms with Gasteiger partial charge in [0.25, 0.3) is 5.91 Å². The normalized spacial score (nSPS) is 11.6. The van der Waals surface area contributed by atoms with Gasteiger partial charge in [0, 0.05) is 16.8 Å². The molecule has 0 spiro atoms. The number of halogens is 2. The average Bonchev–Trinajstić information content (AvgIpc) is 2.58. The summed E-state index contributed by atoms with van der Waals surface area (Å²) in [5, 5.41) is 3.43. The van der Waals surface area contributed by atoms with Crippen LogP contribution in [0.5, 0.6) is 17.2 Å². The van der Waals surface area contributed by atoms with Crippen molar-refractivity contribution in [2.45, 2.75) is 20.0 Å². The summed E-state index contributed by atoms with van der Waals surface area (Å²) in [4.78, 5) is 12.5. The Morgan fingerprint density at radius 2 is 1.76 bits per heavy atom. The van der Waals surface area contributed by atoms with Gasteiger partial charge >= 0.3 is 0 Å². The summed E-state index contributed by atoms with van der Waals surface area (Å²) in [6.07, 6.45) is -0.704. The van der Waals surface area contributed by atoms with E-state index >= 15 is 0 Å². The minimum atomic E-state index is -0.704. The highest BCUT2D eigenvalue weighted by molar-refractivity contribution is 9.10. The van der Waals surface area contributed by atoms with Crippen molar-refractivity contribution in [1.82, 2.24) is 0 Å². The second kappa shape index (κ2) is 8.45. The molecule has 2 aromatic carbocycles. The Kier molecular flexibility index (Phi) is 6.56. The fraction of sp³-hybridized carbons (Fsp3) is 0.278. The van der Waals surface area contributed by atoms with E-state index in [1.54, 1.807) is 51.5 Å². The van der Waals surface area contributed by atoms with Crippen LogP contribution in [-0.4, -0.2) is 26.2 Å². The van der Waals surface area contributed by atoms with E-state index in [9.17, 15) is 4.79 Å². The zero-order valence-electron chi connectivity index (χ0n) is 14.4. The van der Waals surface area contributed by atoms with E-state index in [4.69, 9.17) is 25.8 Å². The van der Waals surface area contributed by atoms with Crippen molar-refractivity contribution < 1.29 is 19.0 Å². The third-order valence-corrected chi connectivity index (χ3v) is 4.41. The summed E-state index contributed by atoms with van der Waals surface area (Å²) in [6, 6.07) is 8.63. The molecule has 0 heterocycles. The molecule has 25 heavy (non-hydrogen) atoms. The number of carbonyl (C=O) groups is 1. The van der Waals surface area contributed by atoms with Gasteiger partial charge in [-0.25, -0.2) is 0 Å². The molecule has 2 aromatic rings. The molecule has 0 saturated heterocycles. The number of hydrogen-bond acceptors (Lipinski definition) is 4. The van der Waals surface area contributed by atoms with E-state index in [1.165, 1.54) is 0 Å². The van der Waals surface area contributed by atoms with Gasteiger partial charge in [-0.05, 0) is 59.6 Å². The number of nitrogens with one attached hydrogen (secondary N) is 1. The van der Waals surface area contributed by atoms with Crippen LogP contribution in [0, 0.1) is 6.92 Å². The molecule has 0 aliphatic rings. The van der Waals surface area contributed by atoms with Crippen molar-refractivity contribution in [3.8, 4) is 17.2 Å². The number of carbonyl (C=O) groups excluding carboxylic acids is 1. The Hall–Kier alpha value is -1.92. The van der Waals surface area contributed by atoms with Crippen molar-refractivity contribution in [2.75, 3.05) is 19.5 Å². The minimum Gasteiger partial charge on any atom is -0.493 e. The zero-order valence-corrected chi connectivity index (χ0v) is 16.7. The van der Waals surface area contributed by atoms with Crippen molar-refractivity contribution in [3.05, 3.63) is 45.4 Å². The van der Waals surface area contributed by atoms with Crippen molar-refractivity contribution in [3.63, 3.8) is 0 Å². The topological polar surface area (TPSA) is 56.8 Å². The van der Waals surface area contributed by atoms with Crippen LogP contribution in [0.25, 0.3) is 0 Å². The maximum absolute atomic E-state index is 12.5. The molecule has 0 fully saturated rings. The average molecular weight is 429 g/mol. The van der Waals surface area contributed by atoms with Crippen LogP contribution in [0.4, 0.5) is 5.69 Å². The molecule has 0 radical (unpaired) electrons. The highest BCUT2D eigenvalue weighted by Crippen LogP contribution is 2.33. The van der Waals surface area contributed by atoms with E-state index in [0.717, 1.165) is 5.56 Å². The molecular formula is C18H19BrClNO4. The van der Waals surface area contributed by atoms with Crippen LogP contribution in [-0.2, 0) is 4.79 Å². The first-order valence-corrected chi connectivity index (χ1v) is 8.68. The van der Waals surface area contributed by atoms with E-state index in [2.05, 4.69) is 21.2 Å². The summed E-state index contributed by atoms with van der Waals surface area (Å²) in [6.45, 7) is 3.55. The molecule has 0 saturated carbocycles. The van der Waals surface area contributed by atoms with Crippen molar-refractivity contribution in [1.29, 1.82) is 0 Å². The number of anilines is 1. The standard InChI is InChI=1S/C18H19BrClNO4/c1-10-7-16(23-3)17(24-4)9-14(10)21-18(22)11(2)25-15-6-5-12(20)8-13(15)19/h5-9,11H,1-4H3,(H,21,22). The quantitative estimate of drug-likeness (QED) is 0.716. The van der Waals surface area contributed by atoms with Gasteiger partial charge in [0.15, 0.2) is 17.6 Å². The monoisotopic (exact) mass is 427 g/mol. The Morgan fingerprint density at radius 1 is 1.12 bits per heavy atom. The maximum Gasteiger partial charge on any atom is 0.265 e. The molecule has 1 atom stereocenters. The van der Waals surface area contributed by atoms with Crippen molar-refractivity contribution >= 4 is 39.1 Å². The first kappa shape index (κ1) is 19.4. The zero-order chi connectivity index (χ0) is 18.6. The lowest BCUT2D eigenvalue weighted by Gasteiger charge is -2.18. The molecule has 0 aliphatic heterocycles.